The van der Waals surface area contributed by atoms with Crippen molar-refractivity contribution in [3.63, 3.8) is 0 Å². The van der Waals surface area contributed by atoms with Gasteiger partial charge in [0.25, 0.3) is 11.8 Å². The number of carbonyl (C=O) groups is 3. The number of aliphatic hydroxyl groups is 1. The number of hydrogen-bond acceptors (Lipinski definition) is 5. The second-order valence-electron chi connectivity index (χ2n) is 12.2. The maximum Gasteiger partial charge on any atom is 0.323 e. The monoisotopic (exact) mass is 704 g/mol. The average Bonchev–Trinajstić information content (AvgIpc) is 3.49. The van der Waals surface area contributed by atoms with Crippen molar-refractivity contribution in [2.45, 2.75) is 65.5 Å². The molecule has 0 saturated carbocycles. The first-order valence-electron chi connectivity index (χ1n) is 16.7. The van der Waals surface area contributed by atoms with Crippen molar-refractivity contribution in [1.82, 2.24) is 19.6 Å². The van der Waals surface area contributed by atoms with Gasteiger partial charge < -0.3 is 25.5 Å². The third-order valence-corrected chi connectivity index (χ3v) is 9.33. The molecule has 5 rings (SSSR count). The quantitative estimate of drug-likeness (QED) is 0.139. The minimum atomic E-state index is -0.608. The standard InChI is InChI=1S/C37H42Cl2N6O4/c1-4-6-17-43(18-7-5-2)36(48)32-19-24(3)45(42-32)33-16-15-27(40-37(49)41-34-30(38)13-10-14-31(34)39)21-29(33)35(47)44-22-26-12-9-8-11-25(26)20-28(44)23-46/h8-16,19,21,28,46H,4-7,17-18,20,22-23H2,1-3H3,(H2,40,41,49)/t28-/m0/s1. The Hall–Kier alpha value is -4.38. The summed E-state index contributed by atoms with van der Waals surface area (Å²) >= 11 is 12.5. The first-order valence-corrected chi connectivity index (χ1v) is 17.4. The molecule has 3 N–H and O–H groups in total. The molecule has 1 atom stereocenters. The fourth-order valence-electron chi connectivity index (χ4n) is 6.00. The molecule has 0 unspecified atom stereocenters. The molecule has 2 heterocycles. The summed E-state index contributed by atoms with van der Waals surface area (Å²) in [6.07, 6.45) is 4.22. The minimum absolute atomic E-state index is 0.155. The molecule has 3 aromatic carbocycles. The highest BCUT2D eigenvalue weighted by molar-refractivity contribution is 6.39. The topological polar surface area (TPSA) is 120 Å². The van der Waals surface area contributed by atoms with Crippen LogP contribution in [0.2, 0.25) is 10.0 Å². The Labute approximate surface area is 297 Å². The molecule has 10 nitrogen and oxygen atoms in total. The van der Waals surface area contributed by atoms with Crippen LogP contribution in [-0.2, 0) is 13.0 Å². The van der Waals surface area contributed by atoms with Crippen LogP contribution >= 0.6 is 23.2 Å². The van der Waals surface area contributed by atoms with E-state index in [9.17, 15) is 19.5 Å². The lowest BCUT2D eigenvalue weighted by molar-refractivity contribution is 0.0544. The van der Waals surface area contributed by atoms with Gasteiger partial charge in [-0.25, -0.2) is 9.48 Å². The van der Waals surface area contributed by atoms with Crippen LogP contribution in [0.25, 0.3) is 5.69 Å². The zero-order valence-electron chi connectivity index (χ0n) is 28.0. The lowest BCUT2D eigenvalue weighted by Gasteiger charge is -2.36. The molecule has 0 bridgehead atoms. The molecule has 0 spiro atoms. The van der Waals surface area contributed by atoms with Crippen molar-refractivity contribution < 1.29 is 19.5 Å². The van der Waals surface area contributed by atoms with E-state index in [-0.39, 0.29) is 39.7 Å². The van der Waals surface area contributed by atoms with E-state index in [0.29, 0.717) is 48.8 Å². The predicted molar refractivity (Wildman–Crippen MR) is 194 cm³/mol. The van der Waals surface area contributed by atoms with E-state index in [1.807, 2.05) is 36.1 Å². The lowest BCUT2D eigenvalue weighted by Crippen LogP contribution is -2.46. The Morgan fingerprint density at radius 1 is 0.918 bits per heavy atom. The van der Waals surface area contributed by atoms with E-state index in [0.717, 1.165) is 36.8 Å². The number of benzene rings is 3. The zero-order chi connectivity index (χ0) is 35.1. The highest BCUT2D eigenvalue weighted by atomic mass is 35.5. The van der Waals surface area contributed by atoms with Gasteiger partial charge in [0.15, 0.2) is 5.69 Å². The molecule has 1 aliphatic rings. The van der Waals surface area contributed by atoms with Gasteiger partial charge in [0.2, 0.25) is 0 Å². The van der Waals surface area contributed by atoms with Gasteiger partial charge in [-0.1, -0.05) is 80.2 Å². The summed E-state index contributed by atoms with van der Waals surface area (Å²) in [7, 11) is 0. The number of halogens is 2. The Morgan fingerprint density at radius 2 is 1.59 bits per heavy atom. The summed E-state index contributed by atoms with van der Waals surface area (Å²) in [5.74, 6) is -0.505. The van der Waals surface area contributed by atoms with Crippen molar-refractivity contribution in [1.29, 1.82) is 0 Å². The smallest absolute Gasteiger partial charge is 0.323 e. The molecule has 4 amide bonds. The Kier molecular flexibility index (Phi) is 12.0. The number of anilines is 2. The summed E-state index contributed by atoms with van der Waals surface area (Å²) in [6.45, 7) is 7.39. The van der Waals surface area contributed by atoms with Gasteiger partial charge in [0, 0.05) is 31.0 Å². The normalized spacial score (nSPS) is 13.9. The van der Waals surface area contributed by atoms with Gasteiger partial charge in [-0.3, -0.25) is 9.59 Å². The number of aryl methyl sites for hydroxylation is 1. The number of fused-ring (bicyclic) bond motifs is 1. The van der Waals surface area contributed by atoms with Crippen LogP contribution in [-0.4, -0.2) is 68.3 Å². The van der Waals surface area contributed by atoms with Crippen LogP contribution in [0.15, 0.2) is 66.7 Å². The fraction of sp³-hybridized carbons (Fsp3) is 0.351. The first-order chi connectivity index (χ1) is 23.6. The number of amides is 4. The first kappa shape index (κ1) is 35.9. The summed E-state index contributed by atoms with van der Waals surface area (Å²) < 4.78 is 1.59. The Bertz CT molecular complexity index is 1800. The Balaban J connectivity index is 1.52. The van der Waals surface area contributed by atoms with Crippen LogP contribution in [0.4, 0.5) is 16.2 Å². The molecule has 4 aromatic rings. The molecule has 1 aliphatic heterocycles. The molecule has 0 saturated heterocycles. The number of aromatic nitrogens is 2. The van der Waals surface area contributed by atoms with Crippen molar-refractivity contribution in [2.75, 3.05) is 30.3 Å². The largest absolute Gasteiger partial charge is 0.394 e. The number of para-hydroxylation sites is 1. The van der Waals surface area contributed by atoms with Crippen molar-refractivity contribution >= 4 is 52.4 Å². The third-order valence-electron chi connectivity index (χ3n) is 8.70. The number of aliphatic hydroxyl groups excluding tert-OH is 1. The molecule has 49 heavy (non-hydrogen) atoms. The maximum atomic E-state index is 14.5. The Morgan fingerprint density at radius 3 is 2.24 bits per heavy atom. The van der Waals surface area contributed by atoms with E-state index >= 15 is 0 Å². The molecule has 0 fully saturated rings. The van der Waals surface area contributed by atoms with Crippen molar-refractivity contribution in [3.8, 4) is 5.69 Å². The molecule has 12 heteroatoms. The van der Waals surface area contributed by atoms with Gasteiger partial charge in [0.1, 0.15) is 0 Å². The van der Waals surface area contributed by atoms with Gasteiger partial charge in [-0.15, -0.1) is 0 Å². The van der Waals surface area contributed by atoms with E-state index < -0.39 is 12.1 Å². The van der Waals surface area contributed by atoms with Crippen LogP contribution in [0.5, 0.6) is 0 Å². The number of nitrogens with one attached hydrogen (secondary N) is 2. The minimum Gasteiger partial charge on any atom is -0.394 e. The average molecular weight is 706 g/mol. The van der Waals surface area contributed by atoms with Crippen molar-refractivity contribution in [2.24, 2.45) is 0 Å². The number of carbonyl (C=O) groups excluding carboxylic acids is 3. The molecule has 0 radical (unpaired) electrons. The zero-order valence-corrected chi connectivity index (χ0v) is 29.5. The number of hydrogen-bond donors (Lipinski definition) is 3. The summed E-state index contributed by atoms with van der Waals surface area (Å²) in [5.41, 5.74) is 4.30. The van der Waals surface area contributed by atoms with Crippen LogP contribution in [0.1, 0.15) is 77.2 Å². The number of nitrogens with zero attached hydrogens (tertiary/aromatic N) is 4. The summed E-state index contributed by atoms with van der Waals surface area (Å²) in [6, 6.07) is 18.4. The van der Waals surface area contributed by atoms with Crippen molar-refractivity contribution in [3.05, 3.63) is 105 Å². The second kappa shape index (κ2) is 16.3. The highest BCUT2D eigenvalue weighted by Crippen LogP contribution is 2.31. The van der Waals surface area contributed by atoms with Crippen LogP contribution in [0.3, 0.4) is 0 Å². The molecular weight excluding hydrogens is 663 g/mol. The van der Waals surface area contributed by atoms with Gasteiger partial charge in [-0.2, -0.15) is 5.10 Å². The van der Waals surface area contributed by atoms with E-state index in [1.165, 1.54) is 0 Å². The van der Waals surface area contributed by atoms with Crippen LogP contribution in [0, 0.1) is 6.92 Å². The summed E-state index contributed by atoms with van der Waals surface area (Å²) in [4.78, 5) is 44.8. The van der Waals surface area contributed by atoms with E-state index in [2.05, 4.69) is 24.5 Å². The highest BCUT2D eigenvalue weighted by Gasteiger charge is 2.32. The molecular formula is C37H42Cl2N6O4. The predicted octanol–water partition coefficient (Wildman–Crippen LogP) is 7.73. The number of urea groups is 1. The van der Waals surface area contributed by atoms with Gasteiger partial charge >= 0.3 is 6.03 Å². The van der Waals surface area contributed by atoms with Gasteiger partial charge in [-0.05, 0) is 73.7 Å². The fourth-order valence-corrected chi connectivity index (χ4v) is 6.50. The van der Waals surface area contributed by atoms with E-state index in [1.54, 1.807) is 52.0 Å². The second-order valence-corrected chi connectivity index (χ2v) is 13.0. The maximum absolute atomic E-state index is 14.5. The molecule has 1 aromatic heterocycles. The van der Waals surface area contributed by atoms with E-state index in [4.69, 9.17) is 28.3 Å². The number of rotatable bonds is 12. The summed E-state index contributed by atoms with van der Waals surface area (Å²) in [5, 5.41) is 21.1. The van der Waals surface area contributed by atoms with Gasteiger partial charge in [0.05, 0.1) is 39.6 Å². The van der Waals surface area contributed by atoms with Crippen LogP contribution < -0.4 is 10.6 Å². The molecule has 258 valence electrons. The lowest BCUT2D eigenvalue weighted by atomic mass is 9.93. The number of unbranched alkanes of at least 4 members (excludes halogenated alkanes) is 2. The third kappa shape index (κ3) is 8.26. The SMILES string of the molecule is CCCCN(CCCC)C(=O)c1cc(C)n(-c2ccc(NC(=O)Nc3c(Cl)cccc3Cl)cc2C(=O)N2Cc3ccccc3C[C@H]2CO)n1. The molecule has 0 aliphatic carbocycles.